The lowest BCUT2D eigenvalue weighted by Gasteiger charge is -2.36. The van der Waals surface area contributed by atoms with E-state index in [2.05, 4.69) is 12.2 Å². The second kappa shape index (κ2) is 10.1. The zero-order chi connectivity index (χ0) is 16.8. The molecule has 0 aromatic carbocycles. The van der Waals surface area contributed by atoms with Crippen LogP contribution >= 0.6 is 12.4 Å². The van der Waals surface area contributed by atoms with Crippen molar-refractivity contribution in [3.05, 3.63) is 0 Å². The number of amides is 2. The topological polar surface area (TPSA) is 75.4 Å². The van der Waals surface area contributed by atoms with Crippen molar-refractivity contribution in [3.63, 3.8) is 0 Å². The minimum absolute atomic E-state index is 0. The van der Waals surface area contributed by atoms with E-state index in [4.69, 9.17) is 5.73 Å². The first-order chi connectivity index (χ1) is 10.3. The zero-order valence-electron chi connectivity index (χ0n) is 15.1. The number of hydrogen-bond acceptors (Lipinski definition) is 3. The Morgan fingerprint density at radius 1 is 1.35 bits per heavy atom. The van der Waals surface area contributed by atoms with Gasteiger partial charge in [-0.05, 0) is 19.3 Å². The Kier molecular flexibility index (Phi) is 9.78. The molecular formula is C17H34ClN3O2. The Hall–Kier alpha value is -0.810. The van der Waals surface area contributed by atoms with E-state index >= 15 is 0 Å². The van der Waals surface area contributed by atoms with Crippen LogP contribution in [0.25, 0.3) is 0 Å². The van der Waals surface area contributed by atoms with E-state index < -0.39 is 0 Å². The van der Waals surface area contributed by atoms with E-state index in [0.29, 0.717) is 13.1 Å². The molecule has 2 unspecified atom stereocenters. The Bertz CT molecular complexity index is 383. The fraction of sp³-hybridized carbons (Fsp3) is 0.882. The normalized spacial score (nSPS) is 19.7. The largest absolute Gasteiger partial charge is 0.352 e. The molecule has 136 valence electrons. The first-order valence-electron chi connectivity index (χ1n) is 8.59. The Labute approximate surface area is 147 Å². The van der Waals surface area contributed by atoms with Crippen molar-refractivity contribution in [2.24, 2.45) is 17.1 Å². The average Bonchev–Trinajstić information content (AvgIpc) is 2.49. The smallest absolute Gasteiger partial charge is 0.227 e. The number of nitrogens with two attached hydrogens (primary N) is 1. The van der Waals surface area contributed by atoms with E-state index in [1.54, 1.807) is 0 Å². The van der Waals surface area contributed by atoms with Crippen LogP contribution < -0.4 is 11.1 Å². The van der Waals surface area contributed by atoms with Gasteiger partial charge in [-0.25, -0.2) is 0 Å². The molecule has 0 radical (unpaired) electrons. The van der Waals surface area contributed by atoms with Gasteiger partial charge in [0.2, 0.25) is 11.8 Å². The zero-order valence-corrected chi connectivity index (χ0v) is 15.9. The minimum atomic E-state index is -0.390. The molecule has 5 nitrogen and oxygen atoms in total. The first-order valence-corrected chi connectivity index (χ1v) is 8.59. The quantitative estimate of drug-likeness (QED) is 0.774. The SMILES string of the molecule is CCCCC(CN)NC(=O)C1CCCN(C(=O)C(C)(C)C)C1.Cl. The van der Waals surface area contributed by atoms with Gasteiger partial charge in [-0.2, -0.15) is 0 Å². The molecule has 0 spiro atoms. The maximum Gasteiger partial charge on any atom is 0.227 e. The van der Waals surface area contributed by atoms with Crippen molar-refractivity contribution >= 4 is 24.2 Å². The van der Waals surface area contributed by atoms with Crippen LogP contribution in [0.5, 0.6) is 0 Å². The number of piperidine rings is 1. The lowest BCUT2D eigenvalue weighted by molar-refractivity contribution is -0.142. The molecular weight excluding hydrogens is 314 g/mol. The summed E-state index contributed by atoms with van der Waals surface area (Å²) in [7, 11) is 0. The van der Waals surface area contributed by atoms with Crippen LogP contribution in [-0.2, 0) is 9.59 Å². The average molecular weight is 348 g/mol. The first kappa shape index (κ1) is 22.2. The van der Waals surface area contributed by atoms with E-state index in [-0.39, 0.29) is 41.6 Å². The van der Waals surface area contributed by atoms with Crippen molar-refractivity contribution in [2.75, 3.05) is 19.6 Å². The number of rotatable bonds is 6. The molecule has 1 saturated heterocycles. The summed E-state index contributed by atoms with van der Waals surface area (Å²) in [5, 5.41) is 3.07. The lowest BCUT2D eigenvalue weighted by Crippen LogP contribution is -2.51. The van der Waals surface area contributed by atoms with Crippen LogP contribution in [0.2, 0.25) is 0 Å². The van der Waals surface area contributed by atoms with E-state index in [0.717, 1.165) is 38.6 Å². The maximum absolute atomic E-state index is 12.4. The van der Waals surface area contributed by atoms with Gasteiger partial charge in [-0.15, -0.1) is 12.4 Å². The predicted molar refractivity (Wildman–Crippen MR) is 96.5 cm³/mol. The van der Waals surface area contributed by atoms with Crippen molar-refractivity contribution in [2.45, 2.75) is 65.8 Å². The highest BCUT2D eigenvalue weighted by Gasteiger charge is 2.33. The molecule has 0 aliphatic carbocycles. The number of likely N-dealkylation sites (tertiary alicyclic amines) is 1. The molecule has 1 rings (SSSR count). The van der Waals surface area contributed by atoms with Gasteiger partial charge in [0, 0.05) is 31.1 Å². The van der Waals surface area contributed by atoms with Crippen LogP contribution in [0.1, 0.15) is 59.8 Å². The number of nitrogens with zero attached hydrogens (tertiary/aromatic N) is 1. The summed E-state index contributed by atoms with van der Waals surface area (Å²) >= 11 is 0. The van der Waals surface area contributed by atoms with Gasteiger partial charge in [0.25, 0.3) is 0 Å². The van der Waals surface area contributed by atoms with Gasteiger partial charge in [0.1, 0.15) is 0 Å². The van der Waals surface area contributed by atoms with Crippen LogP contribution in [-0.4, -0.2) is 42.4 Å². The Morgan fingerprint density at radius 2 is 2.00 bits per heavy atom. The highest BCUT2D eigenvalue weighted by molar-refractivity contribution is 5.85. The molecule has 1 heterocycles. The Morgan fingerprint density at radius 3 is 2.52 bits per heavy atom. The van der Waals surface area contributed by atoms with E-state index in [1.165, 1.54) is 0 Å². The third kappa shape index (κ3) is 7.08. The summed E-state index contributed by atoms with van der Waals surface area (Å²) in [6, 6.07) is 0.0566. The Balaban J connectivity index is 0.00000484. The van der Waals surface area contributed by atoms with Crippen LogP contribution in [0.4, 0.5) is 0 Å². The molecule has 1 aliphatic heterocycles. The van der Waals surface area contributed by atoms with Gasteiger partial charge in [0.05, 0.1) is 5.92 Å². The highest BCUT2D eigenvalue weighted by Crippen LogP contribution is 2.23. The molecule has 3 N–H and O–H groups in total. The van der Waals surface area contributed by atoms with Crippen LogP contribution in [0.3, 0.4) is 0 Å². The molecule has 1 fully saturated rings. The number of carbonyl (C=O) groups excluding carboxylic acids is 2. The molecule has 6 heteroatoms. The van der Waals surface area contributed by atoms with Gasteiger partial charge in [0.15, 0.2) is 0 Å². The summed E-state index contributed by atoms with van der Waals surface area (Å²) in [4.78, 5) is 26.7. The van der Waals surface area contributed by atoms with Crippen molar-refractivity contribution in [1.82, 2.24) is 10.2 Å². The van der Waals surface area contributed by atoms with Gasteiger partial charge >= 0.3 is 0 Å². The van der Waals surface area contributed by atoms with Crippen LogP contribution in [0.15, 0.2) is 0 Å². The number of halogens is 1. The molecule has 1 aliphatic rings. The summed E-state index contributed by atoms with van der Waals surface area (Å²) in [5.41, 5.74) is 5.36. The van der Waals surface area contributed by atoms with Crippen molar-refractivity contribution in [1.29, 1.82) is 0 Å². The maximum atomic E-state index is 12.4. The van der Waals surface area contributed by atoms with Crippen molar-refractivity contribution < 1.29 is 9.59 Å². The third-order valence-electron chi connectivity index (χ3n) is 4.26. The van der Waals surface area contributed by atoms with E-state index in [1.807, 2.05) is 25.7 Å². The molecule has 0 saturated carbocycles. The summed E-state index contributed by atoms with van der Waals surface area (Å²) in [5.74, 6) is 0.0834. The monoisotopic (exact) mass is 347 g/mol. The standard InChI is InChI=1S/C17H33N3O2.ClH/c1-5-6-9-14(11-18)19-15(21)13-8-7-10-20(12-13)16(22)17(2,3)4;/h13-14H,5-12,18H2,1-4H3,(H,19,21);1H. The summed E-state index contributed by atoms with van der Waals surface area (Å²) in [6.07, 6.45) is 4.84. The second-order valence-electron chi connectivity index (χ2n) is 7.42. The van der Waals surface area contributed by atoms with Crippen LogP contribution in [0, 0.1) is 11.3 Å². The number of unbranched alkanes of at least 4 members (excludes halogenated alkanes) is 1. The highest BCUT2D eigenvalue weighted by atomic mass is 35.5. The molecule has 0 aromatic heterocycles. The number of nitrogens with one attached hydrogen (secondary N) is 1. The fourth-order valence-corrected chi connectivity index (χ4v) is 2.87. The van der Waals surface area contributed by atoms with Gasteiger partial charge in [-0.1, -0.05) is 40.5 Å². The number of hydrogen-bond donors (Lipinski definition) is 2. The minimum Gasteiger partial charge on any atom is -0.352 e. The van der Waals surface area contributed by atoms with E-state index in [9.17, 15) is 9.59 Å². The summed E-state index contributed by atoms with van der Waals surface area (Å²) < 4.78 is 0. The molecule has 2 amide bonds. The van der Waals surface area contributed by atoms with Gasteiger partial charge in [-0.3, -0.25) is 9.59 Å². The fourth-order valence-electron chi connectivity index (χ4n) is 2.87. The van der Waals surface area contributed by atoms with Gasteiger partial charge < -0.3 is 16.0 Å². The van der Waals surface area contributed by atoms with Crippen molar-refractivity contribution in [3.8, 4) is 0 Å². The predicted octanol–water partition coefficient (Wildman–Crippen LogP) is 2.33. The lowest BCUT2D eigenvalue weighted by atomic mass is 9.90. The molecule has 0 bridgehead atoms. The number of carbonyl (C=O) groups is 2. The third-order valence-corrected chi connectivity index (χ3v) is 4.26. The summed E-state index contributed by atoms with van der Waals surface area (Å²) in [6.45, 7) is 9.68. The molecule has 2 atom stereocenters. The molecule has 0 aromatic rings. The second-order valence-corrected chi connectivity index (χ2v) is 7.42. The molecule has 23 heavy (non-hydrogen) atoms.